The molecule has 1 saturated heterocycles. The molecule has 0 radical (unpaired) electrons. The molecule has 1 aromatic carbocycles. The second-order valence-electron chi connectivity index (χ2n) is 6.08. The number of anilines is 1. The Morgan fingerprint density at radius 1 is 1.17 bits per heavy atom. The van der Waals surface area contributed by atoms with Crippen molar-refractivity contribution in [1.29, 1.82) is 0 Å². The maximum atomic E-state index is 11.6. The lowest BCUT2D eigenvalue weighted by molar-refractivity contribution is -0.116. The van der Waals surface area contributed by atoms with Gasteiger partial charge in [-0.2, -0.15) is 0 Å². The van der Waals surface area contributed by atoms with Crippen LogP contribution in [-0.2, 0) is 11.2 Å². The van der Waals surface area contributed by atoms with E-state index in [1.165, 1.54) is 37.9 Å². The van der Waals surface area contributed by atoms with Crippen molar-refractivity contribution in [2.75, 3.05) is 25.0 Å². The fraction of sp³-hybridized carbons (Fsp3) is 0.588. The summed E-state index contributed by atoms with van der Waals surface area (Å²) < 4.78 is 0. The average molecular weight is 362 g/mol. The van der Waals surface area contributed by atoms with Gasteiger partial charge in [0.05, 0.1) is 0 Å². The van der Waals surface area contributed by atoms with Gasteiger partial charge in [0.1, 0.15) is 0 Å². The summed E-state index contributed by atoms with van der Waals surface area (Å²) >= 11 is 0. The summed E-state index contributed by atoms with van der Waals surface area (Å²) in [5.41, 5.74) is 7.79. The third-order valence-corrected chi connectivity index (χ3v) is 3.91. The topological polar surface area (TPSA) is 58.4 Å². The first-order valence-corrected chi connectivity index (χ1v) is 8.00. The number of carbonyl (C=O) groups is 1. The maximum Gasteiger partial charge on any atom is 0.225 e. The van der Waals surface area contributed by atoms with Crippen LogP contribution in [0.1, 0.15) is 38.2 Å². The van der Waals surface area contributed by atoms with Crippen molar-refractivity contribution < 1.29 is 4.79 Å². The van der Waals surface area contributed by atoms with Gasteiger partial charge in [-0.1, -0.05) is 18.6 Å². The smallest absolute Gasteiger partial charge is 0.225 e. The quantitative estimate of drug-likeness (QED) is 0.817. The van der Waals surface area contributed by atoms with Gasteiger partial charge in [0.2, 0.25) is 5.91 Å². The summed E-state index contributed by atoms with van der Waals surface area (Å²) in [6.45, 7) is 5.45. The molecule has 1 fully saturated rings. The third kappa shape index (κ3) is 8.56. The van der Waals surface area contributed by atoms with Crippen LogP contribution in [0.5, 0.6) is 0 Å². The van der Waals surface area contributed by atoms with Gasteiger partial charge in [-0.25, -0.2) is 0 Å². The second-order valence-corrected chi connectivity index (χ2v) is 6.08. The Kier molecular flexibility index (Phi) is 11.3. The normalized spacial score (nSPS) is 15.9. The van der Waals surface area contributed by atoms with E-state index < -0.39 is 0 Å². The highest BCUT2D eigenvalue weighted by Gasteiger charge is 2.09. The molecule has 0 aliphatic carbocycles. The number of halogens is 2. The number of amides is 1. The Bertz CT molecular complexity index is 446. The SMILES string of the molecule is CC(N)CC(=O)Nc1ccc(CCN2CCCCC2)cc1.Cl.Cl. The summed E-state index contributed by atoms with van der Waals surface area (Å²) in [7, 11) is 0. The summed E-state index contributed by atoms with van der Waals surface area (Å²) in [4.78, 5) is 14.2. The molecule has 1 atom stereocenters. The number of benzene rings is 1. The molecule has 0 aromatic heterocycles. The van der Waals surface area contributed by atoms with E-state index in [4.69, 9.17) is 5.73 Å². The van der Waals surface area contributed by atoms with E-state index >= 15 is 0 Å². The van der Waals surface area contributed by atoms with E-state index in [2.05, 4.69) is 22.3 Å². The molecule has 0 saturated carbocycles. The van der Waals surface area contributed by atoms with Gasteiger partial charge in [0, 0.05) is 24.7 Å². The van der Waals surface area contributed by atoms with Crippen molar-refractivity contribution in [3.63, 3.8) is 0 Å². The zero-order chi connectivity index (χ0) is 15.1. The van der Waals surface area contributed by atoms with E-state index in [0.29, 0.717) is 6.42 Å². The Balaban J connectivity index is 0.00000242. The Morgan fingerprint density at radius 3 is 2.35 bits per heavy atom. The van der Waals surface area contributed by atoms with Crippen LogP contribution in [0.25, 0.3) is 0 Å². The van der Waals surface area contributed by atoms with Crippen molar-refractivity contribution in [3.05, 3.63) is 29.8 Å². The fourth-order valence-corrected chi connectivity index (χ4v) is 2.73. The standard InChI is InChI=1S/C17H27N3O.2ClH/c1-14(18)13-17(21)19-16-7-5-15(6-8-16)9-12-20-10-3-2-4-11-20;;/h5-8,14H,2-4,9-13,18H2,1H3,(H,19,21);2*1H. The van der Waals surface area contributed by atoms with E-state index in [0.717, 1.165) is 18.7 Å². The monoisotopic (exact) mass is 361 g/mol. The number of nitrogens with zero attached hydrogens (tertiary/aromatic N) is 1. The number of likely N-dealkylation sites (tertiary alicyclic amines) is 1. The van der Waals surface area contributed by atoms with Gasteiger partial charge >= 0.3 is 0 Å². The van der Waals surface area contributed by atoms with Gasteiger partial charge in [-0.05, 0) is 57.0 Å². The van der Waals surface area contributed by atoms with Crippen molar-refractivity contribution >= 4 is 36.4 Å². The molecule has 1 heterocycles. The first-order valence-electron chi connectivity index (χ1n) is 8.00. The Morgan fingerprint density at radius 2 is 1.78 bits per heavy atom. The molecule has 1 aliphatic heterocycles. The Labute approximate surface area is 152 Å². The van der Waals surface area contributed by atoms with Crippen LogP contribution in [-0.4, -0.2) is 36.5 Å². The predicted octanol–water partition coefficient (Wildman–Crippen LogP) is 3.23. The largest absolute Gasteiger partial charge is 0.327 e. The molecule has 23 heavy (non-hydrogen) atoms. The minimum Gasteiger partial charge on any atom is -0.327 e. The van der Waals surface area contributed by atoms with E-state index in [-0.39, 0.29) is 36.8 Å². The van der Waals surface area contributed by atoms with Crippen LogP contribution in [0.15, 0.2) is 24.3 Å². The van der Waals surface area contributed by atoms with Gasteiger partial charge in [-0.15, -0.1) is 24.8 Å². The van der Waals surface area contributed by atoms with Crippen LogP contribution in [0.2, 0.25) is 0 Å². The molecule has 132 valence electrons. The van der Waals surface area contributed by atoms with Crippen molar-refractivity contribution in [1.82, 2.24) is 4.90 Å². The summed E-state index contributed by atoms with van der Waals surface area (Å²) in [6.07, 6.45) is 5.49. The highest BCUT2D eigenvalue weighted by Crippen LogP contribution is 2.13. The third-order valence-electron chi connectivity index (χ3n) is 3.91. The molecule has 2 rings (SSSR count). The number of rotatable bonds is 6. The molecule has 6 heteroatoms. The lowest BCUT2D eigenvalue weighted by Crippen LogP contribution is -2.31. The van der Waals surface area contributed by atoms with Crippen LogP contribution >= 0.6 is 24.8 Å². The van der Waals surface area contributed by atoms with Gasteiger partial charge in [0.15, 0.2) is 0 Å². The number of carbonyl (C=O) groups excluding carboxylic acids is 1. The number of nitrogens with one attached hydrogen (secondary N) is 1. The van der Waals surface area contributed by atoms with Crippen LogP contribution in [0.3, 0.4) is 0 Å². The number of piperidine rings is 1. The highest BCUT2D eigenvalue weighted by atomic mass is 35.5. The molecule has 0 bridgehead atoms. The van der Waals surface area contributed by atoms with Gasteiger partial charge in [0.25, 0.3) is 0 Å². The summed E-state index contributed by atoms with van der Waals surface area (Å²) in [6, 6.07) is 8.06. The molecule has 0 spiro atoms. The van der Waals surface area contributed by atoms with Crippen LogP contribution < -0.4 is 11.1 Å². The lowest BCUT2D eigenvalue weighted by Gasteiger charge is -2.26. The molecule has 4 nitrogen and oxygen atoms in total. The number of hydrogen-bond donors (Lipinski definition) is 2. The van der Waals surface area contributed by atoms with Crippen molar-refractivity contribution in [2.45, 2.75) is 45.1 Å². The Hall–Kier alpha value is -0.810. The lowest BCUT2D eigenvalue weighted by atomic mass is 10.1. The second kappa shape index (κ2) is 11.7. The molecule has 1 aliphatic rings. The molecule has 3 N–H and O–H groups in total. The van der Waals surface area contributed by atoms with E-state index in [1.807, 2.05) is 19.1 Å². The summed E-state index contributed by atoms with van der Waals surface area (Å²) in [5, 5.41) is 2.88. The van der Waals surface area contributed by atoms with Crippen LogP contribution in [0.4, 0.5) is 5.69 Å². The molecular weight excluding hydrogens is 333 g/mol. The fourth-order valence-electron chi connectivity index (χ4n) is 2.73. The minimum absolute atomic E-state index is 0. The van der Waals surface area contributed by atoms with E-state index in [1.54, 1.807) is 0 Å². The zero-order valence-corrected chi connectivity index (χ0v) is 15.4. The van der Waals surface area contributed by atoms with E-state index in [9.17, 15) is 4.79 Å². The first-order chi connectivity index (χ1) is 10.1. The molecule has 1 aromatic rings. The van der Waals surface area contributed by atoms with Gasteiger partial charge < -0.3 is 16.0 Å². The number of hydrogen-bond acceptors (Lipinski definition) is 3. The molecular formula is C17H29Cl2N3O. The molecule has 1 amide bonds. The number of nitrogens with two attached hydrogens (primary N) is 1. The summed E-state index contributed by atoms with van der Waals surface area (Å²) in [5.74, 6) is -0.0222. The molecule has 1 unspecified atom stereocenters. The predicted molar refractivity (Wildman–Crippen MR) is 102 cm³/mol. The zero-order valence-electron chi connectivity index (χ0n) is 13.8. The van der Waals surface area contributed by atoms with Crippen molar-refractivity contribution in [3.8, 4) is 0 Å². The average Bonchev–Trinajstić information content (AvgIpc) is 2.47. The van der Waals surface area contributed by atoms with Crippen molar-refractivity contribution in [2.24, 2.45) is 5.73 Å². The maximum absolute atomic E-state index is 11.6. The van der Waals surface area contributed by atoms with Crippen LogP contribution in [0, 0.1) is 0 Å². The minimum atomic E-state index is -0.103. The highest BCUT2D eigenvalue weighted by molar-refractivity contribution is 5.91. The first kappa shape index (κ1) is 22.2. The van der Waals surface area contributed by atoms with Gasteiger partial charge in [-0.3, -0.25) is 4.79 Å².